The lowest BCUT2D eigenvalue weighted by atomic mass is 9.97. The molecule has 0 aliphatic carbocycles. The first kappa shape index (κ1) is 25.3. The van der Waals surface area contributed by atoms with E-state index in [2.05, 4.69) is 9.62 Å². The maximum absolute atomic E-state index is 13.4. The van der Waals surface area contributed by atoms with Gasteiger partial charge in [0.25, 0.3) is 10.2 Å². The number of nitrogens with zero attached hydrogens (tertiary/aromatic N) is 2. The van der Waals surface area contributed by atoms with Crippen molar-refractivity contribution in [2.45, 2.75) is 34.9 Å². The number of aliphatic hydroxyl groups is 1. The summed E-state index contributed by atoms with van der Waals surface area (Å²) in [5.74, 6) is 0.172. The van der Waals surface area contributed by atoms with Crippen LogP contribution in [0.15, 0.2) is 52.3 Å². The van der Waals surface area contributed by atoms with Crippen LogP contribution in [-0.2, 0) is 16.4 Å². The number of alkyl halides is 3. The summed E-state index contributed by atoms with van der Waals surface area (Å²) in [4.78, 5) is 5.49. The van der Waals surface area contributed by atoms with Gasteiger partial charge in [-0.15, -0.1) is 0 Å². The highest BCUT2D eigenvalue weighted by Crippen LogP contribution is 2.49. The second kappa shape index (κ2) is 10.0. The van der Waals surface area contributed by atoms with Crippen LogP contribution in [0.3, 0.4) is 0 Å². The van der Waals surface area contributed by atoms with Crippen molar-refractivity contribution in [3.8, 4) is 0 Å². The summed E-state index contributed by atoms with van der Waals surface area (Å²) >= 11 is 1.42. The lowest BCUT2D eigenvalue weighted by molar-refractivity contribution is -0.137. The maximum Gasteiger partial charge on any atom is 0.416 e. The molecule has 1 saturated heterocycles. The molecule has 0 spiro atoms. The fourth-order valence-electron chi connectivity index (χ4n) is 4.38. The van der Waals surface area contributed by atoms with E-state index in [0.717, 1.165) is 35.6 Å². The van der Waals surface area contributed by atoms with Crippen LogP contribution in [-0.4, -0.2) is 57.3 Å². The Hall–Kier alpha value is -1.83. The van der Waals surface area contributed by atoms with Crippen molar-refractivity contribution in [1.29, 1.82) is 0 Å². The zero-order valence-corrected chi connectivity index (χ0v) is 20.0. The molecule has 0 bridgehead atoms. The monoisotopic (exact) mass is 516 g/mol. The molecule has 0 amide bonds. The number of fused-ring (bicyclic) bond motifs is 2. The predicted octanol–water partition coefficient (Wildman–Crippen LogP) is 3.17. The molecule has 4 N–H and O–H groups in total. The average Bonchev–Trinajstić information content (AvgIpc) is 2.77. The van der Waals surface area contributed by atoms with E-state index in [9.17, 15) is 26.7 Å². The van der Waals surface area contributed by atoms with Crippen LogP contribution in [0.2, 0.25) is 0 Å². The predicted molar refractivity (Wildman–Crippen MR) is 125 cm³/mol. The molecule has 7 nitrogen and oxygen atoms in total. The van der Waals surface area contributed by atoms with E-state index >= 15 is 0 Å². The second-order valence-electron chi connectivity index (χ2n) is 8.65. The van der Waals surface area contributed by atoms with E-state index in [1.165, 1.54) is 17.8 Å². The molecule has 2 aliphatic heterocycles. The summed E-state index contributed by atoms with van der Waals surface area (Å²) in [6.45, 7) is 2.19. The first-order valence-corrected chi connectivity index (χ1v) is 13.3. The van der Waals surface area contributed by atoms with Crippen molar-refractivity contribution >= 4 is 33.3 Å². The van der Waals surface area contributed by atoms with E-state index in [1.807, 2.05) is 24.3 Å². The van der Waals surface area contributed by atoms with Gasteiger partial charge in [0.05, 0.1) is 29.6 Å². The Labute approximate surface area is 201 Å². The van der Waals surface area contributed by atoms with Gasteiger partial charge in [-0.3, -0.25) is 0 Å². The van der Waals surface area contributed by atoms with Gasteiger partial charge in [0.2, 0.25) is 0 Å². The number of nitrogens with two attached hydrogens (primary N) is 1. The van der Waals surface area contributed by atoms with E-state index in [1.54, 1.807) is 4.90 Å². The molecular formula is C22H27F3N4O3S2. The molecule has 1 unspecified atom stereocenters. The molecule has 186 valence electrons. The zero-order valence-electron chi connectivity index (χ0n) is 18.3. The van der Waals surface area contributed by atoms with E-state index < -0.39 is 28.1 Å². The Balaban J connectivity index is 1.44. The van der Waals surface area contributed by atoms with Gasteiger partial charge in [-0.1, -0.05) is 23.9 Å². The Morgan fingerprint density at radius 1 is 1.09 bits per heavy atom. The summed E-state index contributed by atoms with van der Waals surface area (Å²) < 4.78 is 64.6. The zero-order chi connectivity index (χ0) is 24.5. The Bertz CT molecular complexity index is 1120. The smallest absolute Gasteiger partial charge is 0.390 e. The first-order chi connectivity index (χ1) is 16.0. The molecule has 0 aromatic heterocycles. The molecule has 2 aromatic rings. The fourth-order valence-corrected chi connectivity index (χ4v) is 5.92. The first-order valence-electron chi connectivity index (χ1n) is 10.9. The van der Waals surface area contributed by atoms with Gasteiger partial charge in [0.15, 0.2) is 0 Å². The van der Waals surface area contributed by atoms with E-state index in [-0.39, 0.29) is 19.0 Å². The van der Waals surface area contributed by atoms with Crippen LogP contribution >= 0.6 is 11.8 Å². The molecule has 2 aliphatic rings. The number of likely N-dealkylation sites (tertiary alicyclic amines) is 1. The molecule has 34 heavy (non-hydrogen) atoms. The van der Waals surface area contributed by atoms with Crippen molar-refractivity contribution in [3.05, 3.63) is 48.0 Å². The molecule has 2 heterocycles. The minimum absolute atomic E-state index is 0.152. The van der Waals surface area contributed by atoms with Crippen LogP contribution in [0.4, 0.5) is 24.5 Å². The van der Waals surface area contributed by atoms with Crippen LogP contribution in [0.1, 0.15) is 18.4 Å². The summed E-state index contributed by atoms with van der Waals surface area (Å²) in [6, 6.07) is 11.2. The molecule has 2 aromatic carbocycles. The van der Waals surface area contributed by atoms with Gasteiger partial charge in [-0.05, 0) is 62.2 Å². The average molecular weight is 517 g/mol. The quantitative estimate of drug-likeness (QED) is 0.523. The topological polar surface area (TPSA) is 98.9 Å². The number of hydrogen-bond donors (Lipinski definition) is 3. The molecule has 0 saturated carbocycles. The molecule has 0 radical (unpaired) electrons. The van der Waals surface area contributed by atoms with Crippen LogP contribution in [0.5, 0.6) is 0 Å². The number of halogens is 3. The van der Waals surface area contributed by atoms with Crippen LogP contribution in [0, 0.1) is 5.92 Å². The summed E-state index contributed by atoms with van der Waals surface area (Å²) in [7, 11) is -3.71. The summed E-state index contributed by atoms with van der Waals surface area (Å²) in [6.07, 6.45) is -3.73. The van der Waals surface area contributed by atoms with Crippen molar-refractivity contribution in [2.24, 2.45) is 11.1 Å². The number of para-hydroxylation sites is 1. The van der Waals surface area contributed by atoms with Crippen molar-refractivity contribution < 1.29 is 26.7 Å². The fraction of sp³-hybridized carbons (Fsp3) is 0.455. The highest BCUT2D eigenvalue weighted by Gasteiger charge is 2.34. The number of nitrogens with one attached hydrogen (secondary N) is 1. The van der Waals surface area contributed by atoms with E-state index in [0.29, 0.717) is 30.2 Å². The second-order valence-corrected chi connectivity index (χ2v) is 11.1. The van der Waals surface area contributed by atoms with Gasteiger partial charge < -0.3 is 14.9 Å². The SMILES string of the molecule is NS(=O)(=O)NCC1CCN(CC(O)CN2c3ccccc3Sc3ccc(C(F)(F)F)cc32)CC1. The van der Waals surface area contributed by atoms with Crippen molar-refractivity contribution in [2.75, 3.05) is 37.6 Å². The van der Waals surface area contributed by atoms with Crippen LogP contribution in [0.25, 0.3) is 0 Å². The van der Waals surface area contributed by atoms with Gasteiger partial charge >= 0.3 is 6.18 Å². The number of anilines is 2. The number of aliphatic hydroxyl groups excluding tert-OH is 1. The lowest BCUT2D eigenvalue weighted by Crippen LogP contribution is -2.44. The third kappa shape index (κ3) is 6.23. The number of hydrogen-bond acceptors (Lipinski definition) is 6. The van der Waals surface area contributed by atoms with E-state index in [4.69, 9.17) is 5.14 Å². The lowest BCUT2D eigenvalue weighted by Gasteiger charge is -2.37. The minimum Gasteiger partial charge on any atom is -0.390 e. The Morgan fingerprint density at radius 2 is 1.76 bits per heavy atom. The number of β-amino-alcohol motifs (C(OH)–C–C–N with tert-alkyl or cyclic N) is 1. The van der Waals surface area contributed by atoms with Crippen molar-refractivity contribution in [1.82, 2.24) is 9.62 Å². The molecule has 4 rings (SSSR count). The van der Waals surface area contributed by atoms with Gasteiger partial charge in [-0.2, -0.15) is 21.6 Å². The maximum atomic E-state index is 13.4. The third-order valence-electron chi connectivity index (χ3n) is 6.10. The normalized spacial score (nSPS) is 18.4. The molecule has 12 heteroatoms. The minimum atomic E-state index is -4.45. The van der Waals surface area contributed by atoms with Crippen LogP contribution < -0.4 is 14.8 Å². The highest BCUT2D eigenvalue weighted by molar-refractivity contribution is 7.99. The van der Waals surface area contributed by atoms with Crippen molar-refractivity contribution in [3.63, 3.8) is 0 Å². The Morgan fingerprint density at radius 3 is 2.44 bits per heavy atom. The Kier molecular flexibility index (Phi) is 7.46. The van der Waals surface area contributed by atoms with Gasteiger partial charge in [-0.25, -0.2) is 9.86 Å². The largest absolute Gasteiger partial charge is 0.416 e. The van der Waals surface area contributed by atoms with Gasteiger partial charge in [0.1, 0.15) is 0 Å². The molecule has 1 atom stereocenters. The third-order valence-corrected chi connectivity index (χ3v) is 7.79. The number of benzene rings is 2. The highest BCUT2D eigenvalue weighted by atomic mass is 32.2. The number of rotatable bonds is 7. The summed E-state index contributed by atoms with van der Waals surface area (Å²) in [5, 5.41) is 15.9. The molecular weight excluding hydrogens is 489 g/mol. The van der Waals surface area contributed by atoms with Gasteiger partial charge in [0, 0.05) is 22.9 Å². The number of piperidine rings is 1. The standard InChI is InChI=1S/C22H27F3N4O3S2/c23-22(24,25)16-5-6-21-19(11-16)29(18-3-1-2-4-20(18)33-21)14-17(30)13-28-9-7-15(8-10-28)12-27-34(26,31)32/h1-6,11,15,17,27,30H,7-10,12-14H2,(H2,26,31,32). The summed E-state index contributed by atoms with van der Waals surface area (Å²) in [5.41, 5.74) is 0.484. The molecule has 1 fully saturated rings.